The third-order valence-electron chi connectivity index (χ3n) is 7.56. The maximum Gasteiger partial charge on any atom is 0.328 e. The zero-order valence-corrected chi connectivity index (χ0v) is 25.7. The first-order valence-corrected chi connectivity index (χ1v) is 16.8. The summed E-state index contributed by atoms with van der Waals surface area (Å²) in [6.45, 7) is -0.287. The first kappa shape index (κ1) is 36.0. The maximum absolute atomic E-state index is 14.1. The fourth-order valence-corrected chi connectivity index (χ4v) is 8.54. The second-order valence-corrected chi connectivity index (χ2v) is 14.3. The first-order chi connectivity index (χ1) is 21.0. The lowest BCUT2D eigenvalue weighted by atomic mass is 9.83. The third kappa shape index (κ3) is 9.74. The van der Waals surface area contributed by atoms with Gasteiger partial charge < -0.3 is 20.7 Å². The number of piperidine rings is 1. The smallest absolute Gasteiger partial charge is 0.328 e. The lowest BCUT2D eigenvalue weighted by molar-refractivity contribution is -0.134. The van der Waals surface area contributed by atoms with Gasteiger partial charge in [-0.3, -0.25) is 0 Å². The van der Waals surface area contributed by atoms with Crippen molar-refractivity contribution in [2.24, 2.45) is 11.7 Å². The Labute approximate surface area is 258 Å². The highest BCUT2D eigenvalue weighted by atomic mass is 32.2. The van der Waals surface area contributed by atoms with E-state index < -0.39 is 61.2 Å². The predicted octanol–water partition coefficient (Wildman–Crippen LogP) is 2.25. The van der Waals surface area contributed by atoms with Gasteiger partial charge in [0, 0.05) is 42.9 Å². The Morgan fingerprint density at radius 1 is 0.978 bits per heavy atom. The van der Waals surface area contributed by atoms with Crippen LogP contribution in [0.2, 0.25) is 0 Å². The summed E-state index contributed by atoms with van der Waals surface area (Å²) in [5.74, 6) is -5.81. The van der Waals surface area contributed by atoms with E-state index >= 15 is 0 Å². The molecule has 2 heterocycles. The first-order valence-electron chi connectivity index (χ1n) is 13.7. The van der Waals surface area contributed by atoms with Crippen LogP contribution in [0.1, 0.15) is 31.2 Å². The molecule has 0 radical (unpaired) electrons. The van der Waals surface area contributed by atoms with Gasteiger partial charge in [0.1, 0.15) is 11.6 Å². The van der Waals surface area contributed by atoms with Gasteiger partial charge in [-0.2, -0.15) is 4.31 Å². The number of carboxylic acid groups (broad SMARTS) is 2. The van der Waals surface area contributed by atoms with Crippen molar-refractivity contribution in [1.82, 2.24) is 9.03 Å². The van der Waals surface area contributed by atoms with Gasteiger partial charge in [0.2, 0.25) is 20.0 Å². The average molecular weight is 678 g/mol. The molecule has 12 nitrogen and oxygen atoms in total. The minimum Gasteiger partial charge on any atom is -0.497 e. The number of methoxy groups -OCH3 is 1. The van der Waals surface area contributed by atoms with E-state index in [0.29, 0.717) is 49.7 Å². The van der Waals surface area contributed by atoms with E-state index in [2.05, 4.69) is 4.72 Å². The number of nitrogens with two attached hydrogens (primary N) is 1. The maximum atomic E-state index is 14.1. The molecule has 0 aliphatic carbocycles. The SMILES string of the molecule is COc1ccc(S(=O)(=O)NCCS(=O)(=O)N2C3CCC2CC([C@H](N)Cc2cc(F)c(F)cc2F)C3)cc1.O=C(O)/C=C\C(=O)O. The minimum atomic E-state index is -3.89. The molecule has 4 rings (SSSR count). The summed E-state index contributed by atoms with van der Waals surface area (Å²) in [6, 6.07) is 5.90. The number of ether oxygens (including phenoxy) is 1. The normalized spacial score (nSPS) is 20.8. The molecule has 3 atom stereocenters. The lowest BCUT2D eigenvalue weighted by Crippen LogP contribution is -2.51. The van der Waals surface area contributed by atoms with Gasteiger partial charge in [-0.15, -0.1) is 0 Å². The molecule has 2 unspecified atom stereocenters. The Balaban J connectivity index is 0.000000610. The molecule has 0 spiro atoms. The van der Waals surface area contributed by atoms with Gasteiger partial charge in [0.25, 0.3) is 0 Å². The van der Waals surface area contributed by atoms with E-state index in [1.165, 1.54) is 35.7 Å². The van der Waals surface area contributed by atoms with Gasteiger partial charge in [0.05, 0.1) is 17.8 Å². The summed E-state index contributed by atoms with van der Waals surface area (Å²) in [5, 5.41) is 15.6. The van der Waals surface area contributed by atoms with Crippen LogP contribution < -0.4 is 15.2 Å². The highest BCUT2D eigenvalue weighted by Crippen LogP contribution is 2.42. The van der Waals surface area contributed by atoms with Crippen molar-refractivity contribution in [3.8, 4) is 5.75 Å². The zero-order valence-electron chi connectivity index (χ0n) is 24.1. The van der Waals surface area contributed by atoms with E-state index in [1.54, 1.807) is 0 Å². The van der Waals surface area contributed by atoms with Crippen molar-refractivity contribution >= 4 is 32.0 Å². The second-order valence-electron chi connectivity index (χ2n) is 10.6. The number of carboxylic acids is 2. The van der Waals surface area contributed by atoms with Crippen LogP contribution in [0.25, 0.3) is 0 Å². The molecule has 2 fully saturated rings. The molecule has 0 amide bonds. The van der Waals surface area contributed by atoms with Crippen molar-refractivity contribution in [3.63, 3.8) is 0 Å². The molecular formula is C28H34F3N3O9S2. The number of nitrogens with zero attached hydrogens (tertiary/aromatic N) is 1. The van der Waals surface area contributed by atoms with Crippen LogP contribution in [-0.2, 0) is 36.1 Å². The second kappa shape index (κ2) is 15.2. The zero-order chi connectivity index (χ0) is 33.5. The molecular weight excluding hydrogens is 643 g/mol. The van der Waals surface area contributed by atoms with Crippen molar-refractivity contribution in [2.75, 3.05) is 19.4 Å². The summed E-state index contributed by atoms with van der Waals surface area (Å²) >= 11 is 0. The van der Waals surface area contributed by atoms with Gasteiger partial charge >= 0.3 is 11.9 Å². The molecule has 5 N–H and O–H groups in total. The number of fused-ring (bicyclic) bond motifs is 2. The number of benzene rings is 2. The van der Waals surface area contributed by atoms with Gasteiger partial charge in [0.15, 0.2) is 11.6 Å². The molecule has 0 aromatic heterocycles. The van der Waals surface area contributed by atoms with Crippen molar-refractivity contribution in [3.05, 3.63) is 71.6 Å². The van der Waals surface area contributed by atoms with Gasteiger partial charge in [-0.1, -0.05) is 0 Å². The summed E-state index contributed by atoms with van der Waals surface area (Å²) in [5.41, 5.74) is 6.29. The van der Waals surface area contributed by atoms with Crippen molar-refractivity contribution in [1.29, 1.82) is 0 Å². The monoisotopic (exact) mass is 677 g/mol. The van der Waals surface area contributed by atoms with Gasteiger partial charge in [-0.05, 0) is 73.9 Å². The number of aliphatic carboxylic acids is 2. The Morgan fingerprint density at radius 3 is 2.02 bits per heavy atom. The van der Waals surface area contributed by atoms with Gasteiger partial charge in [-0.25, -0.2) is 44.3 Å². The molecule has 2 bridgehead atoms. The fraction of sp³-hybridized carbons (Fsp3) is 0.429. The Morgan fingerprint density at radius 2 is 1.51 bits per heavy atom. The minimum absolute atomic E-state index is 0.00181. The van der Waals surface area contributed by atoms with Crippen LogP contribution in [0.3, 0.4) is 0 Å². The Kier molecular flexibility index (Phi) is 12.1. The molecule has 2 aromatic rings. The average Bonchev–Trinajstić information content (AvgIpc) is 3.25. The van der Waals surface area contributed by atoms with E-state index in [4.69, 9.17) is 20.7 Å². The predicted molar refractivity (Wildman–Crippen MR) is 156 cm³/mol. The lowest BCUT2D eigenvalue weighted by Gasteiger charge is -2.40. The van der Waals surface area contributed by atoms with Crippen LogP contribution in [0.15, 0.2) is 53.4 Å². The summed E-state index contributed by atoms with van der Waals surface area (Å²) in [7, 11) is -6.20. The topological polar surface area (TPSA) is 193 Å². The molecule has 0 saturated carbocycles. The standard InChI is InChI=1S/C24H30F3N3O5S2.C4H4O4/c1-35-19-4-6-20(7-5-19)37(33,34)29-8-9-36(31,32)30-17-2-3-18(30)11-16(10-17)24(28)13-15-12-22(26)23(27)14-21(15)25;5-3(6)1-2-4(7)8/h4-7,12,14,16-18,24,29H,2-3,8-11,13,28H2,1H3;1-2H,(H,5,6)(H,7,8)/b;2-1-/t16?,17?,18?,24-;/m1./s1. The number of rotatable bonds is 12. The largest absolute Gasteiger partial charge is 0.497 e. The van der Waals surface area contributed by atoms with Crippen LogP contribution in [0.4, 0.5) is 13.2 Å². The van der Waals surface area contributed by atoms with Crippen LogP contribution >= 0.6 is 0 Å². The van der Waals surface area contributed by atoms with Crippen LogP contribution in [-0.4, -0.2) is 80.8 Å². The number of nitrogens with one attached hydrogen (secondary N) is 1. The number of sulfonamides is 2. The number of carbonyl (C=O) groups is 2. The van der Waals surface area contributed by atoms with E-state index in [1.807, 2.05) is 0 Å². The molecule has 248 valence electrons. The fourth-order valence-electron chi connectivity index (χ4n) is 5.51. The summed E-state index contributed by atoms with van der Waals surface area (Å²) < 4.78 is 101. The van der Waals surface area contributed by atoms with Crippen LogP contribution in [0, 0.1) is 23.4 Å². The van der Waals surface area contributed by atoms with E-state index in [0.717, 1.165) is 6.07 Å². The van der Waals surface area contributed by atoms with E-state index in [9.17, 15) is 39.6 Å². The van der Waals surface area contributed by atoms with Crippen molar-refractivity contribution in [2.45, 2.75) is 55.1 Å². The molecule has 2 aliphatic heterocycles. The number of halogens is 3. The molecule has 2 saturated heterocycles. The molecule has 45 heavy (non-hydrogen) atoms. The molecule has 2 aliphatic rings. The quantitative estimate of drug-likeness (QED) is 0.191. The number of hydrogen-bond donors (Lipinski definition) is 4. The van der Waals surface area contributed by atoms with E-state index in [-0.39, 0.29) is 41.4 Å². The number of hydrogen-bond acceptors (Lipinski definition) is 8. The van der Waals surface area contributed by atoms with Crippen molar-refractivity contribution < 1.29 is 54.5 Å². The summed E-state index contributed by atoms with van der Waals surface area (Å²) in [6.07, 6.45) is 3.33. The third-order valence-corrected chi connectivity index (χ3v) is 11.0. The Bertz CT molecular complexity index is 1590. The Hall–Kier alpha value is -3.51. The summed E-state index contributed by atoms with van der Waals surface area (Å²) in [4.78, 5) is 19.1. The molecule has 2 aromatic carbocycles. The molecule has 17 heteroatoms. The van der Waals surface area contributed by atoms with Crippen LogP contribution in [0.5, 0.6) is 5.75 Å². The highest BCUT2D eigenvalue weighted by molar-refractivity contribution is 7.90. The highest BCUT2D eigenvalue weighted by Gasteiger charge is 2.47.